The molecule has 1 aliphatic carbocycles. The van der Waals surface area contributed by atoms with Crippen LogP contribution in [0.5, 0.6) is 5.75 Å². The molecule has 2 N–H and O–H groups in total. The lowest BCUT2D eigenvalue weighted by Crippen LogP contribution is -2.55. The monoisotopic (exact) mass is 501 g/mol. The Hall–Kier alpha value is -4.03. The highest BCUT2D eigenvalue weighted by Gasteiger charge is 2.45. The third kappa shape index (κ3) is 5.14. The summed E-state index contributed by atoms with van der Waals surface area (Å²) in [4.78, 5) is 25.2. The summed E-state index contributed by atoms with van der Waals surface area (Å²) >= 11 is 6.00. The Bertz CT molecular complexity index is 1380. The third-order valence-electron chi connectivity index (χ3n) is 6.43. The van der Waals surface area contributed by atoms with E-state index in [1.165, 1.54) is 0 Å². The van der Waals surface area contributed by atoms with Crippen molar-refractivity contribution in [1.29, 1.82) is 0 Å². The molecular weight excluding hydrogens is 478 g/mol. The van der Waals surface area contributed by atoms with Gasteiger partial charge in [0.15, 0.2) is 0 Å². The maximum absolute atomic E-state index is 12.9. The van der Waals surface area contributed by atoms with Gasteiger partial charge in [0.25, 0.3) is 0 Å². The van der Waals surface area contributed by atoms with Crippen molar-refractivity contribution in [3.63, 3.8) is 0 Å². The minimum Gasteiger partial charge on any atom is -0.489 e. The second kappa shape index (κ2) is 9.91. The van der Waals surface area contributed by atoms with E-state index < -0.39 is 11.5 Å². The summed E-state index contributed by atoms with van der Waals surface area (Å²) in [5, 5.41) is 13.6. The number of benzene rings is 3. The molecule has 1 amide bonds. The molecule has 1 aromatic heterocycles. The molecular formula is C29H24ClNO5. The van der Waals surface area contributed by atoms with Gasteiger partial charge in [-0.25, -0.2) is 4.79 Å². The van der Waals surface area contributed by atoms with E-state index in [1.807, 2.05) is 48.5 Å². The first-order valence-electron chi connectivity index (χ1n) is 11.6. The van der Waals surface area contributed by atoms with Crippen molar-refractivity contribution in [3.8, 4) is 16.9 Å². The Morgan fingerprint density at radius 2 is 1.64 bits per heavy atom. The Balaban J connectivity index is 1.24. The number of furan rings is 1. The zero-order valence-corrected chi connectivity index (χ0v) is 20.1. The number of hydrogen-bond acceptors (Lipinski definition) is 4. The van der Waals surface area contributed by atoms with E-state index in [-0.39, 0.29) is 25.2 Å². The zero-order valence-electron chi connectivity index (χ0n) is 19.4. The molecule has 7 heteroatoms. The van der Waals surface area contributed by atoms with E-state index in [0.29, 0.717) is 17.4 Å². The fraction of sp³-hybridized carbons (Fsp3) is 0.172. The Morgan fingerprint density at radius 3 is 2.33 bits per heavy atom. The van der Waals surface area contributed by atoms with Crippen LogP contribution in [-0.2, 0) is 35.5 Å². The van der Waals surface area contributed by atoms with Crippen molar-refractivity contribution < 1.29 is 23.8 Å². The first kappa shape index (κ1) is 23.7. The summed E-state index contributed by atoms with van der Waals surface area (Å²) in [6.45, 7) is 0.387. The maximum Gasteiger partial charge on any atom is 0.330 e. The molecule has 36 heavy (non-hydrogen) atoms. The molecule has 0 saturated carbocycles. The van der Waals surface area contributed by atoms with E-state index in [1.54, 1.807) is 36.8 Å². The molecule has 1 unspecified atom stereocenters. The maximum atomic E-state index is 12.9. The number of halogens is 1. The number of rotatable bonds is 8. The highest BCUT2D eigenvalue weighted by atomic mass is 35.5. The second-order valence-corrected chi connectivity index (χ2v) is 9.46. The lowest BCUT2D eigenvalue weighted by atomic mass is 9.95. The molecule has 6 nitrogen and oxygen atoms in total. The van der Waals surface area contributed by atoms with Crippen molar-refractivity contribution in [2.24, 2.45) is 0 Å². The molecule has 1 atom stereocenters. The van der Waals surface area contributed by atoms with E-state index in [0.717, 1.165) is 33.4 Å². The van der Waals surface area contributed by atoms with Crippen LogP contribution in [0.2, 0.25) is 5.02 Å². The molecule has 0 saturated heterocycles. The average Bonchev–Trinajstić information content (AvgIpc) is 3.51. The van der Waals surface area contributed by atoms with Crippen LogP contribution in [0.15, 0.2) is 89.7 Å². The molecule has 1 aliphatic rings. The fourth-order valence-corrected chi connectivity index (χ4v) is 4.66. The Morgan fingerprint density at radius 1 is 0.917 bits per heavy atom. The summed E-state index contributed by atoms with van der Waals surface area (Å²) < 4.78 is 10.7. The van der Waals surface area contributed by atoms with Gasteiger partial charge in [-0.15, -0.1) is 0 Å². The molecule has 0 spiro atoms. The molecule has 0 radical (unpaired) electrons. The van der Waals surface area contributed by atoms with Gasteiger partial charge in [0, 0.05) is 23.4 Å². The van der Waals surface area contributed by atoms with Gasteiger partial charge in [-0.1, -0.05) is 54.1 Å². The zero-order chi connectivity index (χ0) is 25.1. The van der Waals surface area contributed by atoms with Gasteiger partial charge < -0.3 is 19.6 Å². The van der Waals surface area contributed by atoms with Crippen LogP contribution >= 0.6 is 11.6 Å². The van der Waals surface area contributed by atoms with E-state index in [2.05, 4.69) is 5.32 Å². The molecule has 0 aliphatic heterocycles. The lowest BCUT2D eigenvalue weighted by molar-refractivity contribution is -0.147. The number of ether oxygens (including phenoxy) is 1. The number of carboxylic acids is 1. The highest BCUT2D eigenvalue weighted by molar-refractivity contribution is 6.30. The number of aliphatic carboxylic acids is 1. The third-order valence-corrected chi connectivity index (χ3v) is 6.68. The predicted molar refractivity (Wildman–Crippen MR) is 136 cm³/mol. The SMILES string of the molecule is O=C(Cc1ccc(OCc2ccoc2)cc1)NC1(C(=O)O)Cc2ccc(-c3ccc(Cl)cc3)cc2C1. The number of carbonyl (C=O) groups excluding carboxylic acids is 1. The van der Waals surface area contributed by atoms with Crippen molar-refractivity contribution in [1.82, 2.24) is 5.32 Å². The van der Waals surface area contributed by atoms with Crippen molar-refractivity contribution in [3.05, 3.63) is 113 Å². The summed E-state index contributed by atoms with van der Waals surface area (Å²) in [5.41, 5.74) is 4.15. The standard InChI is InChI=1S/C29H24ClNO5/c30-25-7-5-21(6-8-25)22-3-4-23-15-29(28(33)34,16-24(23)14-22)31-27(32)13-19-1-9-26(10-2-19)36-18-20-11-12-35-17-20/h1-12,14,17H,13,15-16,18H2,(H,31,32)(H,33,34). The van der Waals surface area contributed by atoms with E-state index >= 15 is 0 Å². The Labute approximate surface area is 213 Å². The van der Waals surface area contributed by atoms with Gasteiger partial charge in [0.1, 0.15) is 17.9 Å². The summed E-state index contributed by atoms with van der Waals surface area (Å²) in [7, 11) is 0. The van der Waals surface area contributed by atoms with Crippen molar-refractivity contribution >= 4 is 23.5 Å². The van der Waals surface area contributed by atoms with Gasteiger partial charge in [0.2, 0.25) is 5.91 Å². The normalized spacial score (nSPS) is 16.4. The minimum absolute atomic E-state index is 0.0728. The summed E-state index contributed by atoms with van der Waals surface area (Å²) in [6, 6.07) is 22.4. The molecule has 1 heterocycles. The van der Waals surface area contributed by atoms with Gasteiger partial charge in [-0.3, -0.25) is 4.79 Å². The molecule has 0 bridgehead atoms. The Kier molecular flexibility index (Phi) is 6.53. The average molecular weight is 502 g/mol. The highest BCUT2D eigenvalue weighted by Crippen LogP contribution is 2.34. The first-order chi connectivity index (χ1) is 17.4. The minimum atomic E-state index is -1.37. The predicted octanol–water partition coefficient (Wildman–Crippen LogP) is 5.46. The molecule has 0 fully saturated rings. The number of amides is 1. The van der Waals surface area contributed by atoms with Crippen LogP contribution in [0.1, 0.15) is 22.3 Å². The van der Waals surface area contributed by atoms with Crippen LogP contribution in [0.25, 0.3) is 11.1 Å². The first-order valence-corrected chi connectivity index (χ1v) is 11.9. The molecule has 5 rings (SSSR count). The number of nitrogens with one attached hydrogen (secondary N) is 1. The largest absolute Gasteiger partial charge is 0.489 e. The fourth-order valence-electron chi connectivity index (χ4n) is 4.53. The topological polar surface area (TPSA) is 88.8 Å². The second-order valence-electron chi connectivity index (χ2n) is 9.02. The van der Waals surface area contributed by atoms with Crippen LogP contribution < -0.4 is 10.1 Å². The molecule has 182 valence electrons. The number of hydrogen-bond donors (Lipinski definition) is 2. The van der Waals surface area contributed by atoms with Crippen LogP contribution in [-0.4, -0.2) is 22.5 Å². The van der Waals surface area contributed by atoms with Gasteiger partial charge in [-0.05, 0) is 58.1 Å². The summed E-state index contributed by atoms with van der Waals surface area (Å²) in [5.74, 6) is -0.705. The van der Waals surface area contributed by atoms with Crippen LogP contribution in [0, 0.1) is 0 Å². The van der Waals surface area contributed by atoms with E-state index in [9.17, 15) is 14.7 Å². The van der Waals surface area contributed by atoms with Gasteiger partial charge in [-0.2, -0.15) is 0 Å². The number of fused-ring (bicyclic) bond motifs is 1. The van der Waals surface area contributed by atoms with Crippen LogP contribution in [0.4, 0.5) is 0 Å². The van der Waals surface area contributed by atoms with Crippen LogP contribution in [0.3, 0.4) is 0 Å². The molecule has 3 aromatic carbocycles. The van der Waals surface area contributed by atoms with E-state index in [4.69, 9.17) is 20.8 Å². The lowest BCUT2D eigenvalue weighted by Gasteiger charge is -2.25. The van der Waals surface area contributed by atoms with Gasteiger partial charge >= 0.3 is 5.97 Å². The van der Waals surface area contributed by atoms with Gasteiger partial charge in [0.05, 0.1) is 18.9 Å². The summed E-state index contributed by atoms with van der Waals surface area (Å²) in [6.07, 6.45) is 3.75. The number of carbonyl (C=O) groups is 2. The quantitative estimate of drug-likeness (QED) is 0.334. The van der Waals surface area contributed by atoms with Crippen molar-refractivity contribution in [2.45, 2.75) is 31.4 Å². The molecule has 4 aromatic rings. The van der Waals surface area contributed by atoms with Crippen molar-refractivity contribution in [2.75, 3.05) is 0 Å². The smallest absolute Gasteiger partial charge is 0.330 e. The number of carboxylic acid groups (broad SMARTS) is 1.